The summed E-state index contributed by atoms with van der Waals surface area (Å²) in [5.74, 6) is 0. The number of rotatable bonds is 4. The summed E-state index contributed by atoms with van der Waals surface area (Å²) in [4.78, 5) is 0. The summed E-state index contributed by atoms with van der Waals surface area (Å²) in [7, 11) is 0. The first kappa shape index (κ1) is 21.2. The molecule has 0 bridgehead atoms. The summed E-state index contributed by atoms with van der Waals surface area (Å²) in [6.07, 6.45) is 16.4. The summed E-state index contributed by atoms with van der Waals surface area (Å²) in [6.45, 7) is 23.7. The number of hydrogen-bond donors (Lipinski definition) is 0. The summed E-state index contributed by atoms with van der Waals surface area (Å²) >= 11 is 0. The van der Waals surface area contributed by atoms with Gasteiger partial charge in [0.2, 0.25) is 0 Å². The molecule has 0 nitrogen and oxygen atoms in total. The highest BCUT2D eigenvalue weighted by Crippen LogP contribution is 2.26. The molecule has 0 aromatic rings. The second-order valence-corrected chi connectivity index (χ2v) is 2.97. The SMILES string of the molecule is C=CC=C.C=CC=C.C=CC=C.C=CC=C1CC1. The molecule has 1 aliphatic rings. The van der Waals surface area contributed by atoms with Gasteiger partial charge in [-0.3, -0.25) is 0 Å². The monoisotopic (exact) mass is 242 g/mol. The number of hydrogen-bond acceptors (Lipinski definition) is 0. The molecule has 1 rings (SSSR count). The largest absolute Gasteiger partial charge is 0.0991 e. The predicted octanol–water partition coefficient (Wildman–Crippen LogP) is 5.97. The Bertz CT molecular complexity index is 235. The lowest BCUT2D eigenvalue weighted by Crippen LogP contribution is -1.37. The van der Waals surface area contributed by atoms with Crippen molar-refractivity contribution in [3.8, 4) is 0 Å². The topological polar surface area (TPSA) is 0 Å². The van der Waals surface area contributed by atoms with E-state index in [1.54, 1.807) is 42.0 Å². The molecule has 0 unspecified atom stereocenters. The van der Waals surface area contributed by atoms with Crippen molar-refractivity contribution in [1.29, 1.82) is 0 Å². The maximum atomic E-state index is 3.56. The molecule has 0 aliphatic heterocycles. The Morgan fingerprint density at radius 2 is 0.778 bits per heavy atom. The minimum absolute atomic E-state index is 1.31. The van der Waals surface area contributed by atoms with E-state index in [2.05, 4.69) is 52.1 Å². The zero-order chi connectivity index (χ0) is 14.6. The van der Waals surface area contributed by atoms with Crippen molar-refractivity contribution in [2.45, 2.75) is 12.8 Å². The molecule has 0 radical (unpaired) electrons. The molecule has 0 amide bonds. The van der Waals surface area contributed by atoms with E-state index < -0.39 is 0 Å². The molecule has 1 fully saturated rings. The molecule has 0 aromatic carbocycles. The molecule has 0 N–H and O–H groups in total. The van der Waals surface area contributed by atoms with E-state index in [0.29, 0.717) is 0 Å². The third kappa shape index (κ3) is 48.5. The Hall–Kier alpha value is -2.08. The fraction of sp³-hybridized carbons (Fsp3) is 0.111. The van der Waals surface area contributed by atoms with E-state index in [9.17, 15) is 0 Å². The van der Waals surface area contributed by atoms with Gasteiger partial charge in [0, 0.05) is 0 Å². The van der Waals surface area contributed by atoms with Crippen molar-refractivity contribution in [3.63, 3.8) is 0 Å². The predicted molar refractivity (Wildman–Crippen MR) is 88.7 cm³/mol. The lowest BCUT2D eigenvalue weighted by atomic mass is 10.5. The van der Waals surface area contributed by atoms with E-state index in [4.69, 9.17) is 0 Å². The lowest BCUT2D eigenvalue weighted by molar-refractivity contribution is 1.50. The third-order valence-electron chi connectivity index (χ3n) is 1.39. The Balaban J connectivity index is -0.000000171. The van der Waals surface area contributed by atoms with Gasteiger partial charge < -0.3 is 0 Å². The minimum atomic E-state index is 1.31. The van der Waals surface area contributed by atoms with Gasteiger partial charge in [-0.2, -0.15) is 0 Å². The molecule has 0 saturated heterocycles. The average molecular weight is 242 g/mol. The van der Waals surface area contributed by atoms with Crippen LogP contribution >= 0.6 is 0 Å². The maximum absolute atomic E-state index is 3.56. The molecule has 18 heavy (non-hydrogen) atoms. The Labute approximate surface area is 113 Å². The first-order valence-electron chi connectivity index (χ1n) is 5.69. The minimum Gasteiger partial charge on any atom is -0.0991 e. The molecule has 0 spiro atoms. The van der Waals surface area contributed by atoms with Crippen LogP contribution in [0.15, 0.2) is 100 Å². The normalized spacial score (nSPS) is 9.00. The molecular weight excluding hydrogens is 216 g/mol. The van der Waals surface area contributed by atoms with Crippen molar-refractivity contribution < 1.29 is 0 Å². The van der Waals surface area contributed by atoms with Crippen LogP contribution in [0.4, 0.5) is 0 Å². The highest BCUT2D eigenvalue weighted by molar-refractivity contribution is 5.21. The van der Waals surface area contributed by atoms with Crippen molar-refractivity contribution in [2.75, 3.05) is 0 Å². The zero-order valence-electron chi connectivity index (χ0n) is 11.5. The van der Waals surface area contributed by atoms with Crippen LogP contribution in [0, 0.1) is 0 Å². The van der Waals surface area contributed by atoms with E-state index >= 15 is 0 Å². The van der Waals surface area contributed by atoms with Crippen molar-refractivity contribution in [3.05, 3.63) is 100 Å². The third-order valence-corrected chi connectivity index (χ3v) is 1.39. The van der Waals surface area contributed by atoms with Crippen LogP contribution in [-0.2, 0) is 0 Å². The first-order chi connectivity index (χ1) is 8.67. The average Bonchev–Trinajstić information content (AvgIpc) is 3.24. The van der Waals surface area contributed by atoms with Gasteiger partial charge in [0.15, 0.2) is 0 Å². The highest BCUT2D eigenvalue weighted by Gasteiger charge is 2.07. The second-order valence-electron chi connectivity index (χ2n) is 2.97. The maximum Gasteiger partial charge on any atom is -0.0280 e. The molecule has 1 aliphatic carbocycles. The summed E-state index contributed by atoms with van der Waals surface area (Å²) in [5.41, 5.74) is 1.55. The quantitative estimate of drug-likeness (QED) is 0.533. The Morgan fingerprint density at radius 1 is 0.500 bits per heavy atom. The second kappa shape index (κ2) is 24.2. The van der Waals surface area contributed by atoms with Gasteiger partial charge in [-0.1, -0.05) is 100 Å². The van der Waals surface area contributed by atoms with Gasteiger partial charge in [-0.25, -0.2) is 0 Å². The van der Waals surface area contributed by atoms with Gasteiger partial charge in [0.25, 0.3) is 0 Å². The van der Waals surface area contributed by atoms with Crippen LogP contribution in [-0.4, -0.2) is 0 Å². The van der Waals surface area contributed by atoms with Crippen LogP contribution in [0.2, 0.25) is 0 Å². The molecular formula is C18H26. The highest BCUT2D eigenvalue weighted by atomic mass is 14.1. The van der Waals surface area contributed by atoms with Gasteiger partial charge in [-0.15, -0.1) is 0 Å². The van der Waals surface area contributed by atoms with E-state index in [-0.39, 0.29) is 0 Å². The summed E-state index contributed by atoms with van der Waals surface area (Å²) < 4.78 is 0. The van der Waals surface area contributed by atoms with Gasteiger partial charge in [-0.05, 0) is 12.8 Å². The standard InChI is InChI=1S/C6H8.3C4H6/c1-2-3-6-4-5-6;3*1-3-4-2/h2-3H,1,4-5H2;3*3-4H,1-2H2. The molecule has 1 saturated carbocycles. The fourth-order valence-electron chi connectivity index (χ4n) is 0.406. The van der Waals surface area contributed by atoms with E-state index in [1.807, 2.05) is 6.08 Å². The van der Waals surface area contributed by atoms with Crippen LogP contribution in [0.3, 0.4) is 0 Å². The smallest absolute Gasteiger partial charge is 0.0280 e. The zero-order valence-corrected chi connectivity index (χ0v) is 11.5. The molecule has 0 aromatic heterocycles. The van der Waals surface area contributed by atoms with Crippen molar-refractivity contribution in [2.24, 2.45) is 0 Å². The molecule has 98 valence electrons. The molecule has 0 heterocycles. The fourth-order valence-corrected chi connectivity index (χ4v) is 0.406. The van der Waals surface area contributed by atoms with Gasteiger partial charge in [0.1, 0.15) is 0 Å². The van der Waals surface area contributed by atoms with Crippen LogP contribution < -0.4 is 0 Å². The Kier molecular flexibility index (Phi) is 28.6. The molecule has 0 heteroatoms. The summed E-state index contributed by atoms with van der Waals surface area (Å²) in [5, 5.41) is 0. The summed E-state index contributed by atoms with van der Waals surface area (Å²) in [6, 6.07) is 0. The van der Waals surface area contributed by atoms with Crippen LogP contribution in [0.1, 0.15) is 12.8 Å². The van der Waals surface area contributed by atoms with Crippen LogP contribution in [0.5, 0.6) is 0 Å². The molecule has 0 atom stereocenters. The first-order valence-corrected chi connectivity index (χ1v) is 5.69. The van der Waals surface area contributed by atoms with Crippen molar-refractivity contribution >= 4 is 0 Å². The number of allylic oxidation sites excluding steroid dienone is 9. The van der Waals surface area contributed by atoms with Crippen LogP contribution in [0.25, 0.3) is 0 Å². The van der Waals surface area contributed by atoms with Crippen molar-refractivity contribution in [1.82, 2.24) is 0 Å². The Morgan fingerprint density at radius 3 is 0.833 bits per heavy atom. The van der Waals surface area contributed by atoms with Gasteiger partial charge >= 0.3 is 0 Å². The van der Waals surface area contributed by atoms with E-state index in [1.165, 1.54) is 12.8 Å². The lowest BCUT2D eigenvalue weighted by Gasteiger charge is -1.59. The van der Waals surface area contributed by atoms with Gasteiger partial charge in [0.05, 0.1) is 0 Å². The van der Waals surface area contributed by atoms with E-state index in [0.717, 1.165) is 0 Å².